The lowest BCUT2D eigenvalue weighted by molar-refractivity contribution is 0.0750. The van der Waals surface area contributed by atoms with E-state index in [0.717, 1.165) is 10.6 Å². The number of hydrogen-bond donors (Lipinski definition) is 1. The first-order valence-corrected chi connectivity index (χ1v) is 13.4. The fourth-order valence-corrected chi connectivity index (χ4v) is 5.43. The van der Waals surface area contributed by atoms with E-state index < -0.39 is 6.09 Å². The predicted octanol–water partition coefficient (Wildman–Crippen LogP) is 5.27. The van der Waals surface area contributed by atoms with E-state index >= 15 is 0 Å². The number of aliphatic imine (C=N–C) groups is 1. The Hall–Kier alpha value is -2.78. The zero-order chi connectivity index (χ0) is 26.3. The summed E-state index contributed by atoms with van der Waals surface area (Å²) in [6.07, 6.45) is 2.71. The summed E-state index contributed by atoms with van der Waals surface area (Å²) in [4.78, 5) is 43.9. The van der Waals surface area contributed by atoms with Crippen LogP contribution in [0.3, 0.4) is 0 Å². The van der Waals surface area contributed by atoms with Gasteiger partial charge in [0.2, 0.25) is 5.82 Å². The van der Waals surface area contributed by atoms with E-state index in [9.17, 15) is 14.7 Å². The molecule has 2 aliphatic rings. The van der Waals surface area contributed by atoms with E-state index in [0.29, 0.717) is 29.4 Å². The minimum Gasteiger partial charge on any atom is -0.465 e. The van der Waals surface area contributed by atoms with Gasteiger partial charge in [0.05, 0.1) is 22.0 Å². The molecule has 0 aromatic carbocycles. The Morgan fingerprint density at radius 2 is 1.97 bits per heavy atom. The Kier molecular flexibility index (Phi) is 7.52. The smallest absolute Gasteiger partial charge is 0.407 e. The minimum atomic E-state index is -0.974. The lowest BCUT2D eigenvalue weighted by Crippen LogP contribution is -2.59. The molecule has 36 heavy (non-hydrogen) atoms. The molecule has 1 saturated heterocycles. The van der Waals surface area contributed by atoms with Crippen LogP contribution in [0.1, 0.15) is 44.9 Å². The lowest BCUT2D eigenvalue weighted by atomic mass is 10.0. The van der Waals surface area contributed by atoms with E-state index in [2.05, 4.69) is 9.97 Å². The molecule has 2 aromatic rings. The molecule has 1 N–H and O–H groups in total. The van der Waals surface area contributed by atoms with Crippen molar-refractivity contribution in [3.8, 4) is 0 Å². The quantitative estimate of drug-likeness (QED) is 0.314. The number of nitrogens with zero attached hydrogens (tertiary/aromatic N) is 6. The second-order valence-corrected chi connectivity index (χ2v) is 10.6. The summed E-state index contributed by atoms with van der Waals surface area (Å²) in [5, 5.41) is 9.90. The van der Waals surface area contributed by atoms with Gasteiger partial charge in [-0.15, -0.1) is 11.8 Å². The first-order chi connectivity index (χ1) is 17.1. The third-order valence-electron chi connectivity index (χ3n) is 6.29. The Balaban J connectivity index is 1.94. The number of halogens is 2. The van der Waals surface area contributed by atoms with E-state index in [1.807, 2.05) is 50.9 Å². The molecule has 12 heteroatoms. The zero-order valence-electron chi connectivity index (χ0n) is 20.5. The Morgan fingerprint density at radius 1 is 1.25 bits per heavy atom. The van der Waals surface area contributed by atoms with Gasteiger partial charge in [0, 0.05) is 36.3 Å². The van der Waals surface area contributed by atoms with Crippen LogP contribution >= 0.6 is 35.0 Å². The number of pyridine rings is 2. The first kappa shape index (κ1) is 26.3. The second-order valence-electron chi connectivity index (χ2n) is 9.02. The van der Waals surface area contributed by atoms with Gasteiger partial charge >= 0.3 is 6.09 Å². The van der Waals surface area contributed by atoms with Crippen molar-refractivity contribution >= 4 is 64.3 Å². The number of rotatable bonds is 3. The molecular formula is C24H26Cl2N6O3S. The van der Waals surface area contributed by atoms with Crippen molar-refractivity contribution in [3.05, 3.63) is 45.6 Å². The van der Waals surface area contributed by atoms with E-state index in [1.54, 1.807) is 17.2 Å². The molecule has 1 amide bonds. The topological polar surface area (TPSA) is 102 Å². The summed E-state index contributed by atoms with van der Waals surface area (Å²) < 4.78 is 0. The van der Waals surface area contributed by atoms with Crippen LogP contribution in [0.5, 0.6) is 0 Å². The number of carbonyl (C=O) groups is 1. The van der Waals surface area contributed by atoms with E-state index in [4.69, 9.17) is 28.2 Å². The van der Waals surface area contributed by atoms with Gasteiger partial charge in [0.15, 0.2) is 11.8 Å². The molecule has 0 spiro atoms. The summed E-state index contributed by atoms with van der Waals surface area (Å²) >= 11 is 14.3. The van der Waals surface area contributed by atoms with E-state index in [1.165, 1.54) is 16.7 Å². The van der Waals surface area contributed by atoms with Gasteiger partial charge < -0.3 is 14.9 Å². The highest BCUT2D eigenvalue weighted by Gasteiger charge is 2.39. The number of amidine groups is 1. The molecule has 0 bridgehead atoms. The van der Waals surface area contributed by atoms with Crippen LogP contribution < -0.4 is 4.90 Å². The average molecular weight is 549 g/mol. The summed E-state index contributed by atoms with van der Waals surface area (Å²) in [7, 11) is 0. The van der Waals surface area contributed by atoms with Crippen molar-refractivity contribution < 1.29 is 14.7 Å². The average Bonchev–Trinajstić information content (AvgIpc) is 2.84. The van der Waals surface area contributed by atoms with Gasteiger partial charge in [-0.2, -0.15) is 0 Å². The molecule has 1 fully saturated rings. The van der Waals surface area contributed by atoms with E-state index in [-0.39, 0.29) is 40.5 Å². The fourth-order valence-electron chi connectivity index (χ4n) is 4.55. The van der Waals surface area contributed by atoms with Crippen LogP contribution in [-0.2, 0) is 4.79 Å². The zero-order valence-corrected chi connectivity index (χ0v) is 22.8. The maximum Gasteiger partial charge on any atom is 0.407 e. The number of carbonyl (C=O) groups excluding carboxylic acids is 1. The summed E-state index contributed by atoms with van der Waals surface area (Å²) in [6.45, 7) is 8.44. The third kappa shape index (κ3) is 4.54. The molecule has 190 valence electrons. The summed E-state index contributed by atoms with van der Waals surface area (Å²) in [5.41, 5.74) is 2.03. The SMILES string of the molecule is CSc1ccnc(C(C)C)c1N1C(=C=O)N=C(N2C[C@@H](C)N(C(=O)O)C[C@@H]2C)c2cc(Cl)c(Cl)nc21. The van der Waals surface area contributed by atoms with Crippen molar-refractivity contribution in [1.82, 2.24) is 19.8 Å². The highest BCUT2D eigenvalue weighted by Crippen LogP contribution is 2.45. The molecule has 0 saturated carbocycles. The van der Waals surface area contributed by atoms with Crippen molar-refractivity contribution in [2.24, 2.45) is 4.99 Å². The number of hydrogen-bond acceptors (Lipinski definition) is 8. The molecule has 4 heterocycles. The Bertz CT molecular complexity index is 1300. The number of anilines is 2. The van der Waals surface area contributed by atoms with Crippen LogP contribution in [0.25, 0.3) is 0 Å². The molecular weight excluding hydrogens is 523 g/mol. The first-order valence-electron chi connectivity index (χ1n) is 11.4. The van der Waals surface area contributed by atoms with Gasteiger partial charge in [-0.1, -0.05) is 37.0 Å². The van der Waals surface area contributed by atoms with Gasteiger partial charge in [0.25, 0.3) is 0 Å². The van der Waals surface area contributed by atoms with Crippen LogP contribution in [0.2, 0.25) is 10.2 Å². The monoisotopic (exact) mass is 548 g/mol. The number of carboxylic acid groups (broad SMARTS) is 1. The number of thioether (sulfide) groups is 1. The van der Waals surface area contributed by atoms with Crippen LogP contribution in [-0.4, -0.2) is 74.2 Å². The number of amides is 1. The maximum absolute atomic E-state index is 12.4. The molecule has 2 aromatic heterocycles. The molecule has 2 atom stereocenters. The summed E-state index contributed by atoms with van der Waals surface area (Å²) in [5.74, 6) is 2.90. The predicted molar refractivity (Wildman–Crippen MR) is 143 cm³/mol. The fraction of sp³-hybridized carbons (Fsp3) is 0.417. The van der Waals surface area contributed by atoms with Crippen molar-refractivity contribution in [1.29, 1.82) is 0 Å². The minimum absolute atomic E-state index is 0.00843. The normalized spacial score (nSPS) is 19.8. The maximum atomic E-state index is 12.4. The van der Waals surface area contributed by atoms with Gasteiger partial charge in [-0.3, -0.25) is 9.88 Å². The van der Waals surface area contributed by atoms with Crippen molar-refractivity contribution in [3.63, 3.8) is 0 Å². The standard InChI is InChI=1S/C24H26Cl2N6O3S/c1-12(2)19-20(17(36-5)6-7-27-19)32-18(11-33)28-22(15-8-16(25)21(26)29-23(15)32)30-9-14(4)31(24(34)35)10-13(30)3/h6-8,12-14H,9-10H2,1-5H3,(H,34,35)/t13-,14+/m0/s1. The van der Waals surface area contributed by atoms with Gasteiger partial charge in [0.1, 0.15) is 11.0 Å². The van der Waals surface area contributed by atoms with Gasteiger partial charge in [-0.05, 0) is 38.2 Å². The van der Waals surface area contributed by atoms with Crippen LogP contribution in [0.4, 0.5) is 16.3 Å². The molecule has 0 unspecified atom stereocenters. The highest BCUT2D eigenvalue weighted by molar-refractivity contribution is 7.98. The largest absolute Gasteiger partial charge is 0.465 e. The Labute approximate surface area is 223 Å². The highest BCUT2D eigenvalue weighted by atomic mass is 35.5. The Morgan fingerprint density at radius 3 is 2.58 bits per heavy atom. The number of piperazine rings is 1. The van der Waals surface area contributed by atoms with Gasteiger partial charge in [-0.25, -0.2) is 19.6 Å². The second kappa shape index (κ2) is 10.3. The third-order valence-corrected chi connectivity index (χ3v) is 7.73. The molecule has 0 radical (unpaired) electrons. The molecule has 4 rings (SSSR count). The number of aromatic nitrogens is 2. The van der Waals surface area contributed by atoms with Crippen LogP contribution in [0, 0.1) is 0 Å². The number of fused-ring (bicyclic) bond motifs is 1. The summed E-state index contributed by atoms with van der Waals surface area (Å²) in [6, 6.07) is 3.05. The van der Waals surface area contributed by atoms with Crippen molar-refractivity contribution in [2.45, 2.75) is 50.6 Å². The van der Waals surface area contributed by atoms with Crippen LogP contribution in [0.15, 0.2) is 34.0 Å². The molecule has 9 nitrogen and oxygen atoms in total. The van der Waals surface area contributed by atoms with Crippen molar-refractivity contribution in [2.75, 3.05) is 24.2 Å². The molecule has 2 aliphatic heterocycles. The lowest BCUT2D eigenvalue weighted by Gasteiger charge is -2.45. The molecule has 0 aliphatic carbocycles.